The van der Waals surface area contributed by atoms with Crippen LogP contribution in [0.5, 0.6) is 0 Å². The van der Waals surface area contributed by atoms with Gasteiger partial charge in [0.05, 0.1) is 29.3 Å². The molecule has 1 aromatic heterocycles. The van der Waals surface area contributed by atoms with Gasteiger partial charge in [0.2, 0.25) is 0 Å². The normalized spacial score (nSPS) is 29.0. The van der Waals surface area contributed by atoms with Crippen LogP contribution in [0.3, 0.4) is 0 Å². The van der Waals surface area contributed by atoms with Crippen LogP contribution in [0, 0.1) is 0 Å². The molecule has 4 nitrogen and oxygen atoms in total. The Hall–Kier alpha value is -0.840. The number of hydrogen-bond acceptors (Lipinski definition) is 4. The number of furan rings is 1. The van der Waals surface area contributed by atoms with Crippen LogP contribution in [0.15, 0.2) is 23.0 Å². The standard InChI is InChI=1S/C15H26N2O2/c1-13(2)10-15(11-16,14(3,4)19-13)17(5)8-12-6-7-18-9-12/h6-7,9H,8,10-11,16H2,1-5H3. The third-order valence-corrected chi connectivity index (χ3v) is 4.44. The van der Waals surface area contributed by atoms with Crippen molar-refractivity contribution in [3.05, 3.63) is 24.2 Å². The second-order valence-electron chi connectivity index (χ2n) is 6.77. The zero-order chi connectivity index (χ0) is 14.3. The Bertz CT molecular complexity index is 425. The predicted molar refractivity (Wildman–Crippen MR) is 75.8 cm³/mol. The maximum atomic E-state index is 6.24. The molecular formula is C15H26N2O2. The second-order valence-corrected chi connectivity index (χ2v) is 6.77. The van der Waals surface area contributed by atoms with E-state index in [4.69, 9.17) is 14.9 Å². The summed E-state index contributed by atoms with van der Waals surface area (Å²) in [6.07, 6.45) is 4.42. The van der Waals surface area contributed by atoms with Gasteiger partial charge in [-0.1, -0.05) is 0 Å². The summed E-state index contributed by atoms with van der Waals surface area (Å²) in [5.74, 6) is 0. The average Bonchev–Trinajstić information content (AvgIpc) is 2.82. The maximum Gasteiger partial charge on any atom is 0.0947 e. The molecule has 1 aromatic rings. The molecule has 0 aromatic carbocycles. The molecule has 1 atom stereocenters. The molecule has 0 bridgehead atoms. The number of nitrogens with two attached hydrogens (primary N) is 1. The molecule has 1 aliphatic rings. The van der Waals surface area contributed by atoms with Gasteiger partial charge in [-0.15, -0.1) is 0 Å². The third-order valence-electron chi connectivity index (χ3n) is 4.44. The molecular weight excluding hydrogens is 240 g/mol. The first-order valence-electron chi connectivity index (χ1n) is 6.85. The van der Waals surface area contributed by atoms with Crippen LogP contribution in [0.2, 0.25) is 0 Å². The second kappa shape index (κ2) is 4.62. The van der Waals surface area contributed by atoms with Crippen molar-refractivity contribution in [2.24, 2.45) is 5.73 Å². The molecule has 0 saturated carbocycles. The minimum absolute atomic E-state index is 0.145. The van der Waals surface area contributed by atoms with Gasteiger partial charge >= 0.3 is 0 Å². The zero-order valence-corrected chi connectivity index (χ0v) is 12.7. The first-order valence-corrected chi connectivity index (χ1v) is 6.85. The Kier molecular flexibility index (Phi) is 3.54. The third kappa shape index (κ3) is 2.45. The van der Waals surface area contributed by atoms with Gasteiger partial charge < -0.3 is 14.9 Å². The summed E-state index contributed by atoms with van der Waals surface area (Å²) in [6, 6.07) is 1.99. The SMILES string of the molecule is CN(Cc1ccoc1)C1(CN)CC(C)(C)OC1(C)C. The van der Waals surface area contributed by atoms with Crippen molar-refractivity contribution in [3.63, 3.8) is 0 Å². The van der Waals surface area contributed by atoms with Crippen molar-refractivity contribution in [1.29, 1.82) is 0 Å². The lowest BCUT2D eigenvalue weighted by atomic mass is 9.77. The molecule has 1 unspecified atom stereocenters. The van der Waals surface area contributed by atoms with E-state index in [2.05, 4.69) is 39.6 Å². The smallest absolute Gasteiger partial charge is 0.0947 e. The zero-order valence-electron chi connectivity index (χ0n) is 12.7. The molecule has 0 radical (unpaired) electrons. The van der Waals surface area contributed by atoms with E-state index in [1.165, 1.54) is 0 Å². The Labute approximate surface area is 115 Å². The van der Waals surface area contributed by atoms with Crippen LogP contribution in [0.4, 0.5) is 0 Å². The van der Waals surface area contributed by atoms with Gasteiger partial charge in [-0.05, 0) is 47.2 Å². The first-order chi connectivity index (χ1) is 8.72. The van der Waals surface area contributed by atoms with Gasteiger partial charge in [0, 0.05) is 18.7 Å². The van der Waals surface area contributed by atoms with Crippen LogP contribution in [-0.4, -0.2) is 35.2 Å². The highest BCUT2D eigenvalue weighted by Crippen LogP contribution is 2.47. The van der Waals surface area contributed by atoms with Crippen molar-refractivity contribution in [2.75, 3.05) is 13.6 Å². The van der Waals surface area contributed by atoms with Gasteiger partial charge in [-0.3, -0.25) is 4.90 Å². The highest BCUT2D eigenvalue weighted by Gasteiger charge is 2.58. The minimum Gasteiger partial charge on any atom is -0.472 e. The summed E-state index contributed by atoms with van der Waals surface area (Å²) in [7, 11) is 2.12. The molecule has 19 heavy (non-hydrogen) atoms. The highest BCUT2D eigenvalue weighted by atomic mass is 16.5. The van der Waals surface area contributed by atoms with E-state index in [1.807, 2.05) is 6.07 Å². The predicted octanol–water partition coefficient (Wildman–Crippen LogP) is 2.39. The molecule has 2 heterocycles. The van der Waals surface area contributed by atoms with Crippen molar-refractivity contribution >= 4 is 0 Å². The molecule has 1 fully saturated rings. The molecule has 0 spiro atoms. The average molecular weight is 266 g/mol. The van der Waals surface area contributed by atoms with Crippen molar-refractivity contribution < 1.29 is 9.15 Å². The van der Waals surface area contributed by atoms with Gasteiger partial charge in [0.15, 0.2) is 0 Å². The summed E-state index contributed by atoms with van der Waals surface area (Å²) >= 11 is 0. The van der Waals surface area contributed by atoms with E-state index in [9.17, 15) is 0 Å². The molecule has 108 valence electrons. The quantitative estimate of drug-likeness (QED) is 0.909. The van der Waals surface area contributed by atoms with Crippen molar-refractivity contribution in [2.45, 2.75) is 57.4 Å². The Morgan fingerprint density at radius 2 is 2.00 bits per heavy atom. The molecule has 2 N–H and O–H groups in total. The van der Waals surface area contributed by atoms with Crippen LogP contribution in [0.1, 0.15) is 39.7 Å². The van der Waals surface area contributed by atoms with Gasteiger partial charge in [-0.25, -0.2) is 0 Å². The fourth-order valence-electron chi connectivity index (χ4n) is 3.62. The molecule has 0 aliphatic carbocycles. The number of ether oxygens (including phenoxy) is 1. The Balaban J connectivity index is 2.27. The summed E-state index contributed by atoms with van der Waals surface area (Å²) in [6.45, 7) is 9.95. The molecule has 0 amide bonds. The number of likely N-dealkylation sites (N-methyl/N-ethyl adjacent to an activating group) is 1. The van der Waals surface area contributed by atoms with Crippen LogP contribution in [0.25, 0.3) is 0 Å². The minimum atomic E-state index is -0.274. The number of nitrogens with zero attached hydrogens (tertiary/aromatic N) is 1. The molecule has 4 heteroatoms. The summed E-state index contributed by atoms with van der Waals surface area (Å²) in [5.41, 5.74) is 6.73. The lowest BCUT2D eigenvalue weighted by Gasteiger charge is -2.46. The van der Waals surface area contributed by atoms with E-state index >= 15 is 0 Å². The summed E-state index contributed by atoms with van der Waals surface area (Å²) < 4.78 is 11.4. The van der Waals surface area contributed by atoms with Crippen molar-refractivity contribution in [1.82, 2.24) is 4.90 Å². The summed E-state index contributed by atoms with van der Waals surface area (Å²) in [5, 5.41) is 0. The lowest BCUT2D eigenvalue weighted by Crippen LogP contribution is -2.61. The fraction of sp³-hybridized carbons (Fsp3) is 0.733. The lowest BCUT2D eigenvalue weighted by molar-refractivity contribution is -0.101. The van der Waals surface area contributed by atoms with Crippen LogP contribution >= 0.6 is 0 Å². The van der Waals surface area contributed by atoms with E-state index < -0.39 is 0 Å². The highest BCUT2D eigenvalue weighted by molar-refractivity contribution is 5.15. The number of rotatable bonds is 4. The van der Waals surface area contributed by atoms with Crippen molar-refractivity contribution in [3.8, 4) is 0 Å². The van der Waals surface area contributed by atoms with Gasteiger partial charge in [-0.2, -0.15) is 0 Å². The molecule has 1 aliphatic heterocycles. The summed E-state index contributed by atoms with van der Waals surface area (Å²) in [4.78, 5) is 2.31. The molecule has 1 saturated heterocycles. The largest absolute Gasteiger partial charge is 0.472 e. The Morgan fingerprint density at radius 3 is 2.42 bits per heavy atom. The van der Waals surface area contributed by atoms with Gasteiger partial charge in [0.1, 0.15) is 0 Å². The Morgan fingerprint density at radius 1 is 1.32 bits per heavy atom. The van der Waals surface area contributed by atoms with E-state index in [1.54, 1.807) is 12.5 Å². The number of hydrogen-bond donors (Lipinski definition) is 1. The topological polar surface area (TPSA) is 51.6 Å². The monoisotopic (exact) mass is 266 g/mol. The van der Waals surface area contributed by atoms with Crippen LogP contribution in [-0.2, 0) is 11.3 Å². The van der Waals surface area contributed by atoms with E-state index in [0.29, 0.717) is 6.54 Å². The fourth-order valence-corrected chi connectivity index (χ4v) is 3.62. The first kappa shape index (κ1) is 14.6. The molecule has 2 rings (SSSR count). The van der Waals surface area contributed by atoms with Gasteiger partial charge in [0.25, 0.3) is 0 Å². The van der Waals surface area contributed by atoms with E-state index in [-0.39, 0.29) is 16.7 Å². The van der Waals surface area contributed by atoms with E-state index in [0.717, 1.165) is 18.5 Å². The van der Waals surface area contributed by atoms with Crippen LogP contribution < -0.4 is 5.73 Å². The maximum absolute atomic E-state index is 6.24.